The molecule has 0 spiro atoms. The van der Waals surface area contributed by atoms with Gasteiger partial charge in [-0.05, 0) is 73.0 Å². The van der Waals surface area contributed by atoms with Crippen molar-refractivity contribution in [2.75, 3.05) is 5.75 Å². The fourth-order valence-electron chi connectivity index (χ4n) is 8.48. The summed E-state index contributed by atoms with van der Waals surface area (Å²) in [5.74, 6) is 3.25. The number of nitrogens with zero attached hydrogens (tertiary/aromatic N) is 2. The second-order valence-electron chi connectivity index (χ2n) is 13.7. The molecular formula is C35H44N4O4S. The van der Waals surface area contributed by atoms with Gasteiger partial charge in [-0.15, -0.1) is 0 Å². The first kappa shape index (κ1) is 29.8. The van der Waals surface area contributed by atoms with Crippen molar-refractivity contribution >= 4 is 17.8 Å². The zero-order valence-corrected chi connectivity index (χ0v) is 26.5. The predicted octanol–water partition coefficient (Wildman–Crippen LogP) is 6.26. The van der Waals surface area contributed by atoms with Crippen LogP contribution in [0.5, 0.6) is 0 Å². The van der Waals surface area contributed by atoms with Gasteiger partial charge in [-0.2, -0.15) is 0 Å². The molecule has 5 aliphatic rings. The van der Waals surface area contributed by atoms with Gasteiger partial charge in [0.05, 0.1) is 18.8 Å². The molecular weight excluding hydrogens is 572 g/mol. The lowest BCUT2D eigenvalue weighted by molar-refractivity contribution is -0.268. The minimum Gasteiger partial charge on any atom is -0.392 e. The van der Waals surface area contributed by atoms with Crippen molar-refractivity contribution in [2.45, 2.75) is 87.8 Å². The molecule has 1 aromatic heterocycles. The molecule has 1 aliphatic heterocycles. The van der Waals surface area contributed by atoms with Crippen molar-refractivity contribution in [3.63, 3.8) is 0 Å². The van der Waals surface area contributed by atoms with Gasteiger partial charge in [0.15, 0.2) is 11.4 Å². The molecule has 0 unspecified atom stereocenters. The number of nitrogens with one attached hydrogen (secondary N) is 2. The molecule has 2 aromatic carbocycles. The van der Waals surface area contributed by atoms with E-state index >= 15 is 0 Å². The highest BCUT2D eigenvalue weighted by atomic mass is 32.2. The van der Waals surface area contributed by atoms with Gasteiger partial charge in [0.25, 0.3) is 0 Å². The van der Waals surface area contributed by atoms with Crippen molar-refractivity contribution in [2.24, 2.45) is 30.7 Å². The molecule has 4 atom stereocenters. The van der Waals surface area contributed by atoms with Crippen molar-refractivity contribution in [3.05, 3.63) is 83.2 Å². The Balaban J connectivity index is 1.00. The molecule has 234 valence electrons. The number of aromatic nitrogens is 2. The van der Waals surface area contributed by atoms with Crippen LogP contribution in [-0.2, 0) is 29.7 Å². The summed E-state index contributed by atoms with van der Waals surface area (Å²) in [6.45, 7) is 2.67. The molecule has 9 heteroatoms. The molecule has 4 saturated carbocycles. The number of hydrogen-bond acceptors (Lipinski definition) is 6. The lowest BCUT2D eigenvalue weighted by Crippen LogP contribution is -2.61. The Morgan fingerprint density at radius 3 is 2.23 bits per heavy atom. The first-order chi connectivity index (χ1) is 21.4. The van der Waals surface area contributed by atoms with Gasteiger partial charge in [-0.25, -0.2) is 9.78 Å². The Morgan fingerprint density at radius 2 is 1.61 bits per heavy atom. The van der Waals surface area contributed by atoms with Crippen LogP contribution in [0.4, 0.5) is 4.79 Å². The lowest BCUT2D eigenvalue weighted by Gasteiger charge is -2.56. The van der Waals surface area contributed by atoms with E-state index in [4.69, 9.17) is 9.47 Å². The zero-order chi connectivity index (χ0) is 30.3. The van der Waals surface area contributed by atoms with Gasteiger partial charge < -0.3 is 29.8 Å². The van der Waals surface area contributed by atoms with E-state index in [0.29, 0.717) is 6.54 Å². The summed E-state index contributed by atoms with van der Waals surface area (Å²) in [5, 5.41) is 17.0. The van der Waals surface area contributed by atoms with Crippen molar-refractivity contribution in [1.82, 2.24) is 20.2 Å². The van der Waals surface area contributed by atoms with Gasteiger partial charge in [-0.1, -0.05) is 67.2 Å². The van der Waals surface area contributed by atoms with Gasteiger partial charge in [-0.3, -0.25) is 0 Å². The first-order valence-corrected chi connectivity index (χ1v) is 17.1. The molecule has 1 saturated heterocycles. The number of thioether (sulfide) groups is 1. The Morgan fingerprint density at radius 1 is 0.977 bits per heavy atom. The quantitative estimate of drug-likeness (QED) is 0.246. The normalized spacial score (nSPS) is 32.5. The zero-order valence-electron chi connectivity index (χ0n) is 25.7. The van der Waals surface area contributed by atoms with Crippen LogP contribution in [0.1, 0.15) is 80.1 Å². The van der Waals surface area contributed by atoms with E-state index in [1.54, 1.807) is 11.8 Å². The second kappa shape index (κ2) is 12.5. The van der Waals surface area contributed by atoms with Crippen LogP contribution in [-0.4, -0.2) is 38.1 Å². The summed E-state index contributed by atoms with van der Waals surface area (Å²) in [7, 11) is 2.00. The number of urea groups is 1. The van der Waals surface area contributed by atoms with Gasteiger partial charge in [0, 0.05) is 48.8 Å². The van der Waals surface area contributed by atoms with E-state index in [1.165, 1.54) is 19.3 Å². The topological polar surface area (TPSA) is 97.6 Å². The number of amides is 2. The smallest absolute Gasteiger partial charge is 0.315 e. The number of aryl methyl sites for hydroxylation is 1. The van der Waals surface area contributed by atoms with Crippen LogP contribution >= 0.6 is 11.8 Å². The molecule has 44 heavy (non-hydrogen) atoms. The van der Waals surface area contributed by atoms with Crippen LogP contribution < -0.4 is 10.6 Å². The Bertz CT molecular complexity index is 1410. The summed E-state index contributed by atoms with van der Waals surface area (Å²) in [6.07, 6.45) is 10.5. The van der Waals surface area contributed by atoms with Crippen LogP contribution in [0.15, 0.2) is 66.1 Å². The maximum absolute atomic E-state index is 13.0. The SMILES string of the molecule is C[C@@H]1[C@H](CSc2nccn2C)O[C@H](c2ccc(CNC(=O)NC34CC5CC(CC(C5)C3)C4)cc2)O[C@@H]1c1ccc(CO)cc1. The third-order valence-electron chi connectivity index (χ3n) is 10.4. The third kappa shape index (κ3) is 6.29. The number of imidazole rings is 1. The van der Waals surface area contributed by atoms with Crippen LogP contribution in [0, 0.1) is 23.7 Å². The van der Waals surface area contributed by atoms with Crippen LogP contribution in [0.25, 0.3) is 0 Å². The molecule has 8 nitrogen and oxygen atoms in total. The highest BCUT2D eigenvalue weighted by Crippen LogP contribution is 2.55. The molecule has 4 bridgehead atoms. The van der Waals surface area contributed by atoms with Gasteiger partial charge in [0.1, 0.15) is 0 Å². The number of ether oxygens (including phenoxy) is 2. The highest BCUT2D eigenvalue weighted by Gasteiger charge is 2.51. The summed E-state index contributed by atoms with van der Waals surface area (Å²) in [5.41, 5.74) is 3.94. The number of hydrogen-bond donors (Lipinski definition) is 3. The standard InChI is InChI=1S/C35H44N4O4S/c1-22-30(21-44-34-36-11-12-39(34)2)42-32(43-31(22)28-7-5-24(20-40)6-8-28)29-9-3-23(4-10-29)19-37-33(41)38-35-16-25-13-26(17-35)15-27(14-25)18-35/h3-12,22,25-27,30-32,40H,13-21H2,1-2H3,(H2,37,38,41)/t22-,25?,26?,27?,30+,31+,32+,35?/m1/s1. The minimum absolute atomic E-state index is 0.00949. The van der Waals surface area contributed by atoms with Crippen LogP contribution in [0.3, 0.4) is 0 Å². The summed E-state index contributed by atoms with van der Waals surface area (Å²) < 4.78 is 15.2. The Kier molecular flexibility index (Phi) is 8.48. The summed E-state index contributed by atoms with van der Waals surface area (Å²) >= 11 is 1.69. The van der Waals surface area contributed by atoms with E-state index < -0.39 is 6.29 Å². The van der Waals surface area contributed by atoms with E-state index in [-0.39, 0.29) is 36.3 Å². The van der Waals surface area contributed by atoms with E-state index in [0.717, 1.165) is 70.2 Å². The Hall–Kier alpha value is -2.85. The van der Waals surface area contributed by atoms with Gasteiger partial charge >= 0.3 is 6.03 Å². The molecule has 8 rings (SSSR count). The number of aliphatic hydroxyl groups excluding tert-OH is 1. The number of carbonyl (C=O) groups excluding carboxylic acids is 1. The average molecular weight is 617 g/mol. The fourth-order valence-corrected chi connectivity index (χ4v) is 9.58. The highest BCUT2D eigenvalue weighted by molar-refractivity contribution is 7.99. The van der Waals surface area contributed by atoms with Crippen LogP contribution in [0.2, 0.25) is 0 Å². The van der Waals surface area contributed by atoms with E-state index in [1.807, 2.05) is 72.5 Å². The summed E-state index contributed by atoms with van der Waals surface area (Å²) in [6, 6.07) is 16.1. The Labute approximate surface area is 264 Å². The molecule has 2 heterocycles. The second-order valence-corrected chi connectivity index (χ2v) is 14.7. The average Bonchev–Trinajstić information content (AvgIpc) is 3.43. The van der Waals surface area contributed by atoms with E-state index in [2.05, 4.69) is 22.5 Å². The number of benzene rings is 2. The van der Waals surface area contributed by atoms with Crippen molar-refractivity contribution in [1.29, 1.82) is 0 Å². The largest absolute Gasteiger partial charge is 0.392 e. The predicted molar refractivity (Wildman–Crippen MR) is 170 cm³/mol. The molecule has 0 radical (unpaired) electrons. The van der Waals surface area contributed by atoms with Crippen molar-refractivity contribution in [3.8, 4) is 0 Å². The maximum Gasteiger partial charge on any atom is 0.315 e. The monoisotopic (exact) mass is 616 g/mol. The van der Waals surface area contributed by atoms with E-state index in [9.17, 15) is 9.90 Å². The number of carbonyl (C=O) groups is 1. The fraction of sp³-hybridized carbons (Fsp3) is 0.543. The molecule has 5 fully saturated rings. The first-order valence-electron chi connectivity index (χ1n) is 16.1. The molecule has 2 amide bonds. The summed E-state index contributed by atoms with van der Waals surface area (Å²) in [4.78, 5) is 17.4. The number of aliphatic hydroxyl groups is 1. The lowest BCUT2D eigenvalue weighted by atomic mass is 9.53. The van der Waals surface area contributed by atoms with Gasteiger partial charge in [0.2, 0.25) is 0 Å². The molecule has 3 N–H and O–H groups in total. The minimum atomic E-state index is -0.526. The molecule has 3 aromatic rings. The van der Waals surface area contributed by atoms with Crippen molar-refractivity contribution < 1.29 is 19.4 Å². The maximum atomic E-state index is 13.0. The third-order valence-corrected chi connectivity index (χ3v) is 11.5. The molecule has 4 aliphatic carbocycles. The number of rotatable bonds is 9.